The van der Waals surface area contributed by atoms with Gasteiger partial charge in [-0.15, -0.1) is 0 Å². The summed E-state index contributed by atoms with van der Waals surface area (Å²) in [7, 11) is -1.49. The van der Waals surface area contributed by atoms with Gasteiger partial charge in [-0.2, -0.15) is 0 Å². The molecule has 0 spiro atoms. The number of hydrogen-bond donors (Lipinski definition) is 3. The summed E-state index contributed by atoms with van der Waals surface area (Å²) >= 11 is 0. The van der Waals surface area contributed by atoms with Crippen LogP contribution in [0.3, 0.4) is 0 Å². The Balaban J connectivity index is 1.70. The Kier molecular flexibility index (Phi) is 7.72. The summed E-state index contributed by atoms with van der Waals surface area (Å²) in [5.41, 5.74) is 7.81. The van der Waals surface area contributed by atoms with Gasteiger partial charge in [0.2, 0.25) is 5.91 Å². The van der Waals surface area contributed by atoms with Crippen molar-refractivity contribution >= 4 is 28.3 Å². The van der Waals surface area contributed by atoms with Crippen molar-refractivity contribution < 1.29 is 9.00 Å². The molecule has 0 bridgehead atoms. The second kappa shape index (κ2) is 10.7. The molecular formula is C22H26N6O3S. The molecule has 1 unspecified atom stereocenters. The molecule has 2 aromatic heterocycles. The normalized spacial score (nSPS) is 11.7. The summed E-state index contributed by atoms with van der Waals surface area (Å²) < 4.78 is 13.3. The fourth-order valence-electron chi connectivity index (χ4n) is 3.13. The van der Waals surface area contributed by atoms with E-state index in [-0.39, 0.29) is 23.9 Å². The first-order valence-electron chi connectivity index (χ1n) is 10.0. The van der Waals surface area contributed by atoms with Crippen molar-refractivity contribution in [2.75, 3.05) is 23.9 Å². The minimum absolute atomic E-state index is 0.113. The van der Waals surface area contributed by atoms with Crippen LogP contribution in [0.25, 0.3) is 0 Å². The van der Waals surface area contributed by atoms with Crippen LogP contribution in [0.1, 0.15) is 16.8 Å². The van der Waals surface area contributed by atoms with Crippen LogP contribution in [0.4, 0.5) is 11.6 Å². The molecule has 10 heteroatoms. The lowest BCUT2D eigenvalue weighted by molar-refractivity contribution is -0.122. The predicted molar refractivity (Wildman–Crippen MR) is 125 cm³/mol. The van der Waals surface area contributed by atoms with E-state index in [4.69, 9.17) is 5.73 Å². The van der Waals surface area contributed by atoms with Crippen LogP contribution in [0.15, 0.2) is 58.5 Å². The van der Waals surface area contributed by atoms with Crippen LogP contribution in [0, 0.1) is 6.92 Å². The smallest absolute Gasteiger partial charge is 0.294 e. The first-order chi connectivity index (χ1) is 15.3. The van der Waals surface area contributed by atoms with E-state index in [1.807, 2.05) is 30.3 Å². The van der Waals surface area contributed by atoms with Crippen molar-refractivity contribution in [3.8, 4) is 0 Å². The van der Waals surface area contributed by atoms with Crippen molar-refractivity contribution in [3.63, 3.8) is 0 Å². The van der Waals surface area contributed by atoms with Crippen molar-refractivity contribution in [3.05, 3.63) is 75.8 Å². The Morgan fingerprint density at radius 2 is 1.94 bits per heavy atom. The molecule has 1 atom stereocenters. The maximum absolute atomic E-state index is 12.9. The number of benzene rings is 1. The molecule has 3 aromatic rings. The van der Waals surface area contributed by atoms with Crippen molar-refractivity contribution in [2.45, 2.75) is 31.5 Å². The summed E-state index contributed by atoms with van der Waals surface area (Å²) in [5, 5.41) is 5.97. The first kappa shape index (κ1) is 23.1. The third kappa shape index (κ3) is 6.01. The molecule has 0 saturated heterocycles. The van der Waals surface area contributed by atoms with E-state index >= 15 is 0 Å². The summed E-state index contributed by atoms with van der Waals surface area (Å²) in [6.07, 6.45) is 3.51. The average Bonchev–Trinajstić information content (AvgIpc) is 2.76. The van der Waals surface area contributed by atoms with E-state index in [0.29, 0.717) is 24.5 Å². The molecule has 0 radical (unpaired) electrons. The minimum atomic E-state index is -1.49. The SMILES string of the molecule is Cc1nc(N)ccc1CNC(=O)Cn1c(S(C)=O)cnc(NCCc2ccccc2)c1=O. The van der Waals surface area contributed by atoms with Gasteiger partial charge in [0.1, 0.15) is 17.4 Å². The van der Waals surface area contributed by atoms with Crippen LogP contribution >= 0.6 is 0 Å². The predicted octanol–water partition coefficient (Wildman–Crippen LogP) is 1.24. The Labute approximate surface area is 188 Å². The van der Waals surface area contributed by atoms with Gasteiger partial charge in [-0.1, -0.05) is 36.4 Å². The van der Waals surface area contributed by atoms with Crippen molar-refractivity contribution in [1.82, 2.24) is 19.9 Å². The van der Waals surface area contributed by atoms with Gasteiger partial charge in [0.05, 0.1) is 17.0 Å². The fraction of sp³-hybridized carbons (Fsp3) is 0.273. The average molecular weight is 455 g/mol. The number of amides is 1. The number of rotatable bonds is 9. The van der Waals surface area contributed by atoms with Gasteiger partial charge in [-0.25, -0.2) is 9.97 Å². The third-order valence-corrected chi connectivity index (χ3v) is 5.77. The maximum Gasteiger partial charge on any atom is 0.294 e. The van der Waals surface area contributed by atoms with Crippen LogP contribution in [-0.4, -0.2) is 37.5 Å². The molecular weight excluding hydrogens is 428 g/mol. The molecule has 9 nitrogen and oxygen atoms in total. The lowest BCUT2D eigenvalue weighted by Crippen LogP contribution is -2.35. The summed E-state index contributed by atoms with van der Waals surface area (Å²) in [4.78, 5) is 33.8. The second-order valence-corrected chi connectivity index (χ2v) is 8.54. The largest absolute Gasteiger partial charge is 0.384 e. The van der Waals surface area contributed by atoms with E-state index in [9.17, 15) is 13.8 Å². The summed E-state index contributed by atoms with van der Waals surface area (Å²) in [6.45, 7) is 2.27. The monoisotopic (exact) mass is 454 g/mol. The zero-order valence-corrected chi connectivity index (χ0v) is 18.8. The zero-order chi connectivity index (χ0) is 23.1. The number of carbonyl (C=O) groups excluding carboxylic acids is 1. The molecule has 1 aromatic carbocycles. The number of nitrogens with two attached hydrogens (primary N) is 1. The second-order valence-electron chi connectivity index (χ2n) is 7.21. The topological polar surface area (TPSA) is 132 Å². The van der Waals surface area contributed by atoms with Gasteiger partial charge < -0.3 is 16.4 Å². The number of hydrogen-bond acceptors (Lipinski definition) is 7. The third-order valence-electron chi connectivity index (χ3n) is 4.86. The van der Waals surface area contributed by atoms with Crippen LogP contribution in [0.2, 0.25) is 0 Å². The van der Waals surface area contributed by atoms with Gasteiger partial charge in [-0.3, -0.25) is 18.4 Å². The highest BCUT2D eigenvalue weighted by Gasteiger charge is 2.16. The Morgan fingerprint density at radius 3 is 2.62 bits per heavy atom. The molecule has 0 aliphatic carbocycles. The molecule has 4 N–H and O–H groups in total. The standard InChI is InChI=1S/C22H26N6O3S/c1-15-17(8-9-18(23)27-15)12-25-19(29)14-28-20(32(2)31)13-26-21(22(28)30)24-11-10-16-6-4-3-5-7-16/h3-9,13H,10-12,14H2,1-2H3,(H2,23,27)(H,24,26)(H,25,29). The number of nitrogens with one attached hydrogen (secondary N) is 2. The highest BCUT2D eigenvalue weighted by atomic mass is 32.2. The number of aryl methyl sites for hydroxylation is 1. The molecule has 168 valence electrons. The van der Waals surface area contributed by atoms with E-state index in [1.165, 1.54) is 17.0 Å². The van der Waals surface area contributed by atoms with Crippen molar-refractivity contribution in [1.29, 1.82) is 0 Å². The highest BCUT2D eigenvalue weighted by molar-refractivity contribution is 7.84. The number of nitrogens with zero attached hydrogens (tertiary/aromatic N) is 3. The molecule has 32 heavy (non-hydrogen) atoms. The molecule has 2 heterocycles. The van der Waals surface area contributed by atoms with Crippen LogP contribution in [0.5, 0.6) is 0 Å². The number of pyridine rings is 1. The summed E-state index contributed by atoms with van der Waals surface area (Å²) in [5.74, 6) is 0.126. The quantitative estimate of drug-likeness (QED) is 0.443. The molecule has 0 aliphatic rings. The Morgan fingerprint density at radius 1 is 1.19 bits per heavy atom. The van der Waals surface area contributed by atoms with Gasteiger partial charge >= 0.3 is 0 Å². The Bertz CT molecular complexity index is 1180. The molecule has 3 rings (SSSR count). The molecule has 0 fully saturated rings. The van der Waals surface area contributed by atoms with Crippen molar-refractivity contribution in [2.24, 2.45) is 0 Å². The first-order valence-corrected chi connectivity index (χ1v) is 11.6. The number of carbonyl (C=O) groups is 1. The van der Waals surface area contributed by atoms with Crippen LogP contribution < -0.4 is 21.9 Å². The van der Waals surface area contributed by atoms with E-state index in [2.05, 4.69) is 20.6 Å². The number of anilines is 2. The van der Waals surface area contributed by atoms with E-state index in [1.54, 1.807) is 19.1 Å². The maximum atomic E-state index is 12.9. The van der Waals surface area contributed by atoms with Gasteiger partial charge in [0.25, 0.3) is 5.56 Å². The van der Waals surface area contributed by atoms with Gasteiger partial charge in [0, 0.05) is 25.0 Å². The zero-order valence-electron chi connectivity index (χ0n) is 18.0. The van der Waals surface area contributed by atoms with E-state index in [0.717, 1.165) is 11.1 Å². The Hall–Kier alpha value is -3.53. The minimum Gasteiger partial charge on any atom is -0.384 e. The number of nitrogen functional groups attached to an aromatic ring is 1. The fourth-order valence-corrected chi connectivity index (χ4v) is 3.79. The molecule has 0 saturated carbocycles. The molecule has 1 amide bonds. The highest BCUT2D eigenvalue weighted by Crippen LogP contribution is 2.08. The number of aromatic nitrogens is 3. The van der Waals surface area contributed by atoms with Gasteiger partial charge in [0.15, 0.2) is 5.82 Å². The van der Waals surface area contributed by atoms with Gasteiger partial charge in [-0.05, 0) is 30.5 Å². The lowest BCUT2D eigenvalue weighted by Gasteiger charge is -2.14. The summed E-state index contributed by atoms with van der Waals surface area (Å²) in [6, 6.07) is 13.3. The van der Waals surface area contributed by atoms with Crippen LogP contribution in [-0.2, 0) is 35.1 Å². The molecule has 0 aliphatic heterocycles. The van der Waals surface area contributed by atoms with E-state index < -0.39 is 22.3 Å². The lowest BCUT2D eigenvalue weighted by atomic mass is 10.1.